The van der Waals surface area contributed by atoms with E-state index in [9.17, 15) is 4.79 Å². The standard InChI is InChI=1S/C21H30Br2O2/c1-3-4-5-7-12-18(22)16-19(23)13-10-11-17(2)21(24)25-20-14-8-6-9-15-20/h6,8-9,14-15,18-19H,2-5,7,10-13,16H2,1H3. The number of unbranched alkanes of at least 4 members (excludes halogenated alkanes) is 3. The van der Waals surface area contributed by atoms with E-state index >= 15 is 0 Å². The van der Waals surface area contributed by atoms with E-state index in [1.165, 1.54) is 32.1 Å². The molecule has 0 aliphatic rings. The molecule has 0 aromatic heterocycles. The minimum atomic E-state index is -0.327. The van der Waals surface area contributed by atoms with Gasteiger partial charge in [0.1, 0.15) is 5.75 Å². The fraction of sp³-hybridized carbons (Fsp3) is 0.571. The second-order valence-electron chi connectivity index (χ2n) is 6.48. The molecule has 0 amide bonds. The monoisotopic (exact) mass is 472 g/mol. The number of alkyl halides is 2. The highest BCUT2D eigenvalue weighted by Crippen LogP contribution is 2.24. The molecule has 0 bridgehead atoms. The average molecular weight is 474 g/mol. The molecule has 0 fully saturated rings. The molecule has 0 N–H and O–H groups in total. The quantitative estimate of drug-likeness (QED) is 0.0994. The Kier molecular flexibility index (Phi) is 12.2. The number of carbonyl (C=O) groups excluding carboxylic acids is 1. The largest absolute Gasteiger partial charge is 0.423 e. The number of para-hydroxylation sites is 1. The van der Waals surface area contributed by atoms with E-state index in [2.05, 4.69) is 45.4 Å². The van der Waals surface area contributed by atoms with E-state index in [1.807, 2.05) is 18.2 Å². The molecule has 1 aromatic carbocycles. The van der Waals surface area contributed by atoms with Crippen LogP contribution >= 0.6 is 31.9 Å². The van der Waals surface area contributed by atoms with Crippen molar-refractivity contribution in [2.24, 2.45) is 0 Å². The summed E-state index contributed by atoms with van der Waals surface area (Å²) >= 11 is 7.56. The maximum Gasteiger partial charge on any atom is 0.338 e. The number of hydrogen-bond donors (Lipinski definition) is 0. The Morgan fingerprint density at radius 1 is 1.04 bits per heavy atom. The van der Waals surface area contributed by atoms with Gasteiger partial charge in [-0.1, -0.05) is 89.2 Å². The van der Waals surface area contributed by atoms with Crippen molar-refractivity contribution in [2.45, 2.75) is 74.4 Å². The van der Waals surface area contributed by atoms with Crippen molar-refractivity contribution in [3.05, 3.63) is 42.5 Å². The molecule has 0 spiro atoms. The Bertz CT molecular complexity index is 502. The number of ether oxygens (including phenoxy) is 1. The third kappa shape index (κ3) is 10.9. The van der Waals surface area contributed by atoms with E-state index in [0.717, 1.165) is 19.3 Å². The molecule has 0 aliphatic heterocycles. The van der Waals surface area contributed by atoms with E-state index < -0.39 is 0 Å². The first-order chi connectivity index (χ1) is 12.0. The highest BCUT2D eigenvalue weighted by Gasteiger charge is 2.14. The second kappa shape index (κ2) is 13.6. The Morgan fingerprint density at radius 3 is 2.32 bits per heavy atom. The van der Waals surface area contributed by atoms with Crippen molar-refractivity contribution in [1.29, 1.82) is 0 Å². The molecule has 140 valence electrons. The van der Waals surface area contributed by atoms with Gasteiger partial charge in [-0.25, -0.2) is 4.79 Å². The molecular weight excluding hydrogens is 444 g/mol. The van der Waals surface area contributed by atoms with Crippen molar-refractivity contribution in [3.63, 3.8) is 0 Å². The molecule has 2 nitrogen and oxygen atoms in total. The third-order valence-corrected chi connectivity index (χ3v) is 5.78. The summed E-state index contributed by atoms with van der Waals surface area (Å²) in [6, 6.07) is 9.13. The number of rotatable bonds is 13. The molecule has 2 unspecified atom stereocenters. The lowest BCUT2D eigenvalue weighted by Gasteiger charge is -2.15. The first-order valence-electron chi connectivity index (χ1n) is 9.26. The number of hydrogen-bond acceptors (Lipinski definition) is 2. The van der Waals surface area contributed by atoms with Gasteiger partial charge in [0.15, 0.2) is 0 Å². The molecule has 2 atom stereocenters. The number of carbonyl (C=O) groups is 1. The smallest absolute Gasteiger partial charge is 0.338 e. The lowest BCUT2D eigenvalue weighted by molar-refractivity contribution is -0.130. The summed E-state index contributed by atoms with van der Waals surface area (Å²) in [5.41, 5.74) is 0.540. The van der Waals surface area contributed by atoms with Gasteiger partial charge in [-0.15, -0.1) is 0 Å². The summed E-state index contributed by atoms with van der Waals surface area (Å²) in [6.07, 6.45) is 10.2. The highest BCUT2D eigenvalue weighted by molar-refractivity contribution is 9.10. The van der Waals surface area contributed by atoms with Crippen molar-refractivity contribution in [1.82, 2.24) is 0 Å². The Hall–Kier alpha value is -0.610. The first kappa shape index (κ1) is 22.4. The molecule has 0 saturated heterocycles. The van der Waals surface area contributed by atoms with Crippen LogP contribution in [-0.2, 0) is 4.79 Å². The molecule has 0 radical (unpaired) electrons. The van der Waals surface area contributed by atoms with Gasteiger partial charge < -0.3 is 4.74 Å². The zero-order chi connectivity index (χ0) is 18.5. The van der Waals surface area contributed by atoms with Crippen LogP contribution in [0.2, 0.25) is 0 Å². The maximum atomic E-state index is 12.0. The van der Waals surface area contributed by atoms with Crippen LogP contribution in [0.25, 0.3) is 0 Å². The maximum absolute atomic E-state index is 12.0. The molecule has 4 heteroatoms. The second-order valence-corrected chi connectivity index (χ2v) is 9.07. The van der Waals surface area contributed by atoms with Crippen LogP contribution in [0.4, 0.5) is 0 Å². The lowest BCUT2D eigenvalue weighted by Crippen LogP contribution is -2.12. The van der Waals surface area contributed by atoms with Gasteiger partial charge in [-0.3, -0.25) is 0 Å². The number of benzene rings is 1. The summed E-state index contributed by atoms with van der Waals surface area (Å²) in [7, 11) is 0. The van der Waals surface area contributed by atoms with Gasteiger partial charge in [0.25, 0.3) is 0 Å². The van der Waals surface area contributed by atoms with Crippen LogP contribution in [0.15, 0.2) is 42.5 Å². The van der Waals surface area contributed by atoms with Crippen LogP contribution in [-0.4, -0.2) is 15.6 Å². The normalized spacial score (nSPS) is 13.2. The Labute approximate surface area is 169 Å². The van der Waals surface area contributed by atoms with Crippen molar-refractivity contribution in [3.8, 4) is 5.75 Å². The van der Waals surface area contributed by atoms with Crippen LogP contribution < -0.4 is 4.74 Å². The topological polar surface area (TPSA) is 26.3 Å². The van der Waals surface area contributed by atoms with Crippen LogP contribution in [0.1, 0.15) is 64.7 Å². The van der Waals surface area contributed by atoms with Gasteiger partial charge >= 0.3 is 5.97 Å². The predicted octanol–water partition coefficient (Wildman–Crippen LogP) is 7.21. The van der Waals surface area contributed by atoms with Gasteiger partial charge in [-0.2, -0.15) is 0 Å². The molecule has 0 saturated carbocycles. The predicted molar refractivity (Wildman–Crippen MR) is 114 cm³/mol. The molecule has 1 rings (SSSR count). The Morgan fingerprint density at radius 2 is 1.68 bits per heavy atom. The first-order valence-corrected chi connectivity index (χ1v) is 11.1. The van der Waals surface area contributed by atoms with Crippen LogP contribution in [0.5, 0.6) is 5.75 Å². The van der Waals surface area contributed by atoms with Gasteiger partial charge in [0, 0.05) is 15.2 Å². The van der Waals surface area contributed by atoms with Gasteiger partial charge in [0.2, 0.25) is 0 Å². The van der Waals surface area contributed by atoms with Crippen molar-refractivity contribution in [2.75, 3.05) is 0 Å². The number of halogens is 2. The highest BCUT2D eigenvalue weighted by atomic mass is 79.9. The molecule has 0 heterocycles. The zero-order valence-electron chi connectivity index (χ0n) is 15.2. The molecule has 1 aromatic rings. The summed E-state index contributed by atoms with van der Waals surface area (Å²) in [4.78, 5) is 13.0. The van der Waals surface area contributed by atoms with E-state index in [0.29, 0.717) is 27.4 Å². The lowest BCUT2D eigenvalue weighted by atomic mass is 10.0. The minimum absolute atomic E-state index is 0.327. The average Bonchev–Trinajstić information content (AvgIpc) is 2.59. The van der Waals surface area contributed by atoms with Gasteiger partial charge in [0.05, 0.1) is 0 Å². The van der Waals surface area contributed by atoms with Crippen LogP contribution in [0.3, 0.4) is 0 Å². The third-order valence-electron chi connectivity index (χ3n) is 4.12. The summed E-state index contributed by atoms with van der Waals surface area (Å²) in [6.45, 7) is 6.11. The summed E-state index contributed by atoms with van der Waals surface area (Å²) in [5, 5.41) is 0. The van der Waals surface area contributed by atoms with Crippen molar-refractivity contribution >= 4 is 37.8 Å². The van der Waals surface area contributed by atoms with Gasteiger partial charge in [-0.05, 0) is 44.2 Å². The fourth-order valence-electron chi connectivity index (χ4n) is 2.61. The van der Waals surface area contributed by atoms with E-state index in [4.69, 9.17) is 4.74 Å². The fourth-order valence-corrected chi connectivity index (χ4v) is 4.66. The zero-order valence-corrected chi connectivity index (χ0v) is 18.4. The molecular formula is C21H30Br2O2. The summed E-state index contributed by atoms with van der Waals surface area (Å²) in [5.74, 6) is 0.240. The summed E-state index contributed by atoms with van der Waals surface area (Å²) < 4.78 is 5.30. The van der Waals surface area contributed by atoms with Crippen molar-refractivity contribution < 1.29 is 9.53 Å². The van der Waals surface area contributed by atoms with E-state index in [1.54, 1.807) is 12.1 Å². The molecule has 25 heavy (non-hydrogen) atoms. The van der Waals surface area contributed by atoms with E-state index in [-0.39, 0.29) is 5.97 Å². The number of esters is 1. The van der Waals surface area contributed by atoms with Crippen LogP contribution in [0, 0.1) is 0 Å². The minimum Gasteiger partial charge on any atom is -0.423 e. The molecule has 0 aliphatic carbocycles. The SMILES string of the molecule is C=C(CCCC(Br)CC(Br)CCCCCC)C(=O)Oc1ccccc1. The Balaban J connectivity index is 2.16.